The van der Waals surface area contributed by atoms with Gasteiger partial charge in [-0.05, 0) is 44.9 Å². The molecule has 10 heteroatoms. The second-order valence-corrected chi connectivity index (χ2v) is 6.83. The normalized spacial score (nSPS) is 11.1. The summed E-state index contributed by atoms with van der Waals surface area (Å²) in [7, 11) is 0. The number of aryl methyl sites for hydroxylation is 2. The number of hydrogen-bond acceptors (Lipinski definition) is 6. The van der Waals surface area contributed by atoms with Gasteiger partial charge in [0.15, 0.2) is 5.65 Å². The number of H-pyrrole nitrogens is 1. The lowest BCUT2D eigenvalue weighted by atomic mass is 10.1. The van der Waals surface area contributed by atoms with Gasteiger partial charge >= 0.3 is 6.09 Å². The Hall–Kier alpha value is -3.95. The highest BCUT2D eigenvalue weighted by molar-refractivity contribution is 5.84. The number of hydrogen-bond donors (Lipinski definition) is 2. The Bertz CT molecular complexity index is 1320. The van der Waals surface area contributed by atoms with Gasteiger partial charge in [0.2, 0.25) is 5.95 Å². The number of carbonyl (C=O) groups excluding carboxylic acids is 1. The zero-order valence-electron chi connectivity index (χ0n) is 17.1. The van der Waals surface area contributed by atoms with Gasteiger partial charge in [0.25, 0.3) is 5.56 Å². The largest absolute Gasteiger partial charge is 0.450 e. The smallest absolute Gasteiger partial charge is 0.412 e. The predicted molar refractivity (Wildman–Crippen MR) is 111 cm³/mol. The molecule has 1 aromatic carbocycles. The first-order chi connectivity index (χ1) is 14.4. The number of anilines is 1. The van der Waals surface area contributed by atoms with Crippen LogP contribution in [0.5, 0.6) is 0 Å². The van der Waals surface area contributed by atoms with E-state index in [2.05, 4.69) is 25.5 Å². The molecular weight excluding hydrogens is 386 g/mol. The number of carbonyl (C=O) groups is 1. The van der Waals surface area contributed by atoms with Crippen LogP contribution in [0.2, 0.25) is 0 Å². The van der Waals surface area contributed by atoms with Crippen molar-refractivity contribution < 1.29 is 9.53 Å². The summed E-state index contributed by atoms with van der Waals surface area (Å²) in [5.41, 5.74) is 3.62. The van der Waals surface area contributed by atoms with Crippen molar-refractivity contribution in [2.24, 2.45) is 0 Å². The Balaban J connectivity index is 1.88. The number of nitrogens with zero attached hydrogens (tertiary/aromatic N) is 5. The van der Waals surface area contributed by atoms with Crippen LogP contribution in [0.3, 0.4) is 0 Å². The topological polar surface area (TPSA) is 120 Å². The number of fused-ring (bicyclic) bond motifs is 1. The van der Waals surface area contributed by atoms with Crippen LogP contribution in [0.4, 0.5) is 10.6 Å². The quantitative estimate of drug-likeness (QED) is 0.537. The molecule has 1 amide bonds. The third-order valence-corrected chi connectivity index (χ3v) is 4.77. The minimum absolute atomic E-state index is 0.152. The van der Waals surface area contributed by atoms with E-state index in [0.717, 1.165) is 16.8 Å². The molecule has 4 rings (SSSR count). The van der Waals surface area contributed by atoms with Crippen LogP contribution in [0.15, 0.2) is 35.3 Å². The number of nitrogens with one attached hydrogen (secondary N) is 2. The lowest BCUT2D eigenvalue weighted by molar-refractivity contribution is 0.167. The molecule has 0 radical (unpaired) electrons. The Morgan fingerprint density at radius 3 is 2.80 bits per heavy atom. The van der Waals surface area contributed by atoms with Crippen LogP contribution in [-0.2, 0) is 4.74 Å². The second kappa shape index (κ2) is 7.47. The summed E-state index contributed by atoms with van der Waals surface area (Å²) in [6.45, 7) is 7.71. The van der Waals surface area contributed by atoms with Gasteiger partial charge in [0, 0.05) is 6.07 Å². The van der Waals surface area contributed by atoms with Gasteiger partial charge < -0.3 is 4.74 Å². The first kappa shape index (κ1) is 19.4. The molecule has 0 saturated carbocycles. The van der Waals surface area contributed by atoms with E-state index in [1.165, 1.54) is 10.9 Å². The lowest BCUT2D eigenvalue weighted by Crippen LogP contribution is -2.19. The van der Waals surface area contributed by atoms with E-state index in [-0.39, 0.29) is 18.1 Å². The molecule has 3 aromatic heterocycles. The number of aromatic amines is 1. The molecule has 0 saturated heterocycles. The third-order valence-electron chi connectivity index (χ3n) is 4.77. The van der Waals surface area contributed by atoms with Crippen LogP contribution in [0.25, 0.3) is 22.7 Å². The number of amides is 1. The molecule has 0 atom stereocenters. The van der Waals surface area contributed by atoms with Crippen molar-refractivity contribution in [2.45, 2.75) is 27.7 Å². The van der Waals surface area contributed by atoms with Crippen LogP contribution >= 0.6 is 0 Å². The van der Waals surface area contributed by atoms with E-state index >= 15 is 0 Å². The Morgan fingerprint density at radius 1 is 1.23 bits per heavy atom. The van der Waals surface area contributed by atoms with Crippen LogP contribution < -0.4 is 10.9 Å². The van der Waals surface area contributed by atoms with E-state index in [4.69, 9.17) is 4.74 Å². The molecule has 0 bridgehead atoms. The van der Waals surface area contributed by atoms with Crippen molar-refractivity contribution in [3.8, 4) is 11.6 Å². The second-order valence-electron chi connectivity index (χ2n) is 6.83. The molecule has 4 aromatic rings. The summed E-state index contributed by atoms with van der Waals surface area (Å²) in [6.07, 6.45) is 0.862. The van der Waals surface area contributed by atoms with Crippen LogP contribution in [0.1, 0.15) is 23.7 Å². The van der Waals surface area contributed by atoms with Gasteiger partial charge in [-0.1, -0.05) is 12.1 Å². The van der Waals surface area contributed by atoms with Crippen LogP contribution in [0, 0.1) is 20.8 Å². The summed E-state index contributed by atoms with van der Waals surface area (Å²) in [5, 5.41) is 11.7. The van der Waals surface area contributed by atoms with E-state index in [9.17, 15) is 9.59 Å². The molecular formula is C20H21N7O3. The third kappa shape index (κ3) is 3.32. The standard InChI is InChI=1S/C20H21N7O3/c1-5-30-20(29)22-16-9-12(3)25-27(16)19-23-17-14(18(28)24-19)10-21-26(17)15-8-6-7-11(2)13(15)4/h6-10H,5H2,1-4H3,(H,22,29)(H,23,24,28). The number of aromatic nitrogens is 6. The summed E-state index contributed by atoms with van der Waals surface area (Å²) in [4.78, 5) is 31.9. The molecule has 0 aliphatic rings. The van der Waals surface area contributed by atoms with Crippen molar-refractivity contribution in [1.29, 1.82) is 0 Å². The molecule has 154 valence electrons. The zero-order valence-corrected chi connectivity index (χ0v) is 17.1. The number of ether oxygens (including phenoxy) is 1. The Morgan fingerprint density at radius 2 is 2.03 bits per heavy atom. The van der Waals surface area contributed by atoms with Crippen LogP contribution in [-0.4, -0.2) is 42.2 Å². The highest BCUT2D eigenvalue weighted by Gasteiger charge is 2.18. The van der Waals surface area contributed by atoms with Gasteiger partial charge in [0.05, 0.1) is 24.2 Å². The summed E-state index contributed by atoms with van der Waals surface area (Å²) >= 11 is 0. The average molecular weight is 407 g/mol. The maximum Gasteiger partial charge on any atom is 0.412 e. The van der Waals surface area contributed by atoms with Crippen molar-refractivity contribution in [1.82, 2.24) is 29.5 Å². The summed E-state index contributed by atoms with van der Waals surface area (Å²) in [6, 6.07) is 7.51. The molecule has 0 aliphatic heterocycles. The minimum Gasteiger partial charge on any atom is -0.450 e. The van der Waals surface area contributed by atoms with E-state index in [0.29, 0.717) is 22.5 Å². The number of rotatable bonds is 4. The molecule has 0 fully saturated rings. The van der Waals surface area contributed by atoms with Gasteiger partial charge in [-0.3, -0.25) is 15.1 Å². The highest BCUT2D eigenvalue weighted by atomic mass is 16.5. The van der Waals surface area contributed by atoms with E-state index in [1.54, 1.807) is 24.6 Å². The molecule has 0 aliphatic carbocycles. The zero-order chi connectivity index (χ0) is 21.4. The average Bonchev–Trinajstić information content (AvgIpc) is 3.28. The number of benzene rings is 1. The Kier molecular flexibility index (Phi) is 4.82. The molecule has 30 heavy (non-hydrogen) atoms. The van der Waals surface area contributed by atoms with Gasteiger partial charge in [-0.2, -0.15) is 19.9 Å². The van der Waals surface area contributed by atoms with Crippen molar-refractivity contribution >= 4 is 22.9 Å². The van der Waals surface area contributed by atoms with Gasteiger partial charge in [0.1, 0.15) is 11.2 Å². The molecule has 0 spiro atoms. The molecule has 2 N–H and O–H groups in total. The first-order valence-electron chi connectivity index (χ1n) is 9.44. The van der Waals surface area contributed by atoms with Crippen molar-refractivity contribution in [3.63, 3.8) is 0 Å². The fourth-order valence-corrected chi connectivity index (χ4v) is 3.17. The van der Waals surface area contributed by atoms with Gasteiger partial charge in [-0.25, -0.2) is 9.48 Å². The molecule has 0 unspecified atom stereocenters. The monoisotopic (exact) mass is 407 g/mol. The van der Waals surface area contributed by atoms with Gasteiger partial charge in [-0.15, -0.1) is 0 Å². The Labute approximate surface area is 171 Å². The first-order valence-corrected chi connectivity index (χ1v) is 9.44. The summed E-state index contributed by atoms with van der Waals surface area (Å²) in [5.74, 6) is 0.478. The minimum atomic E-state index is -0.623. The van der Waals surface area contributed by atoms with Crippen molar-refractivity contribution in [2.75, 3.05) is 11.9 Å². The fraction of sp³-hybridized carbons (Fsp3) is 0.250. The fourth-order valence-electron chi connectivity index (χ4n) is 3.17. The highest BCUT2D eigenvalue weighted by Crippen LogP contribution is 2.21. The van der Waals surface area contributed by atoms with Crippen molar-refractivity contribution in [3.05, 3.63) is 57.6 Å². The predicted octanol–water partition coefficient (Wildman–Crippen LogP) is 2.79. The lowest BCUT2D eigenvalue weighted by Gasteiger charge is -2.10. The molecule has 10 nitrogen and oxygen atoms in total. The van der Waals surface area contributed by atoms with E-state index in [1.807, 2.05) is 32.0 Å². The van der Waals surface area contributed by atoms with E-state index < -0.39 is 6.09 Å². The molecule has 3 heterocycles. The SMILES string of the molecule is CCOC(=O)Nc1cc(C)nn1-c1nc2c(cnn2-c2cccc(C)c2C)c(=O)[nH]1. The maximum atomic E-state index is 12.7. The summed E-state index contributed by atoms with van der Waals surface area (Å²) < 4.78 is 7.92. The maximum absolute atomic E-state index is 12.7.